The van der Waals surface area contributed by atoms with Crippen molar-refractivity contribution in [2.45, 2.75) is 45.3 Å². The van der Waals surface area contributed by atoms with Crippen LogP contribution < -0.4 is 10.6 Å². The molecule has 3 aromatic heterocycles. The van der Waals surface area contributed by atoms with Crippen molar-refractivity contribution in [3.63, 3.8) is 0 Å². The zero-order valence-electron chi connectivity index (χ0n) is 19.1. The number of nitrogens with one attached hydrogen (secondary N) is 2. The SMILES string of the molecule is Cc1nc(C)c(C(=O)Nc2ccc(F)c(-c3cn4cc(NC5=N[C@@H]6CCC[C@H]6O5)cnc4n3)c2)o1. The molecule has 35 heavy (non-hydrogen) atoms. The third-order valence-corrected chi connectivity index (χ3v) is 6.14. The molecule has 0 spiro atoms. The highest BCUT2D eigenvalue weighted by molar-refractivity contribution is 6.03. The van der Waals surface area contributed by atoms with Crippen LogP contribution in [0.5, 0.6) is 0 Å². The van der Waals surface area contributed by atoms with Gasteiger partial charge in [0.05, 0.1) is 29.3 Å². The molecule has 1 aliphatic carbocycles. The Bertz CT molecular complexity index is 1490. The summed E-state index contributed by atoms with van der Waals surface area (Å²) >= 11 is 0. The Balaban J connectivity index is 1.24. The number of imidazole rings is 1. The van der Waals surface area contributed by atoms with Crippen molar-refractivity contribution in [1.82, 2.24) is 19.4 Å². The molecule has 6 rings (SSSR count). The van der Waals surface area contributed by atoms with Gasteiger partial charge in [-0.1, -0.05) is 0 Å². The van der Waals surface area contributed by atoms with Crippen molar-refractivity contribution >= 4 is 29.1 Å². The Hall–Kier alpha value is -4.28. The van der Waals surface area contributed by atoms with E-state index in [4.69, 9.17) is 9.15 Å². The molecule has 1 aromatic carbocycles. The molecule has 10 nitrogen and oxygen atoms in total. The zero-order chi connectivity index (χ0) is 24.1. The second kappa shape index (κ2) is 8.19. The number of amidine groups is 1. The van der Waals surface area contributed by atoms with Crippen molar-refractivity contribution < 1.29 is 18.3 Å². The molecule has 1 fully saturated rings. The van der Waals surface area contributed by atoms with Gasteiger partial charge in [-0.05, 0) is 44.4 Å². The lowest BCUT2D eigenvalue weighted by Gasteiger charge is -2.09. The van der Waals surface area contributed by atoms with Crippen LogP contribution in [0.3, 0.4) is 0 Å². The van der Waals surface area contributed by atoms with Gasteiger partial charge in [0, 0.05) is 30.6 Å². The predicted molar refractivity (Wildman–Crippen MR) is 126 cm³/mol. The minimum Gasteiger partial charge on any atom is -0.459 e. The van der Waals surface area contributed by atoms with Gasteiger partial charge in [0.15, 0.2) is 5.89 Å². The normalized spacial score (nSPS) is 18.9. The lowest BCUT2D eigenvalue weighted by molar-refractivity contribution is 0.0994. The number of hydrogen-bond acceptors (Lipinski definition) is 8. The summed E-state index contributed by atoms with van der Waals surface area (Å²) in [4.78, 5) is 30.1. The first kappa shape index (κ1) is 21.3. The first-order valence-corrected chi connectivity index (χ1v) is 11.3. The molecule has 1 saturated carbocycles. The minimum absolute atomic E-state index is 0.116. The van der Waals surface area contributed by atoms with E-state index in [0.29, 0.717) is 40.5 Å². The van der Waals surface area contributed by atoms with Gasteiger partial charge in [-0.3, -0.25) is 9.20 Å². The summed E-state index contributed by atoms with van der Waals surface area (Å²) in [5.41, 5.74) is 2.16. The third kappa shape index (κ3) is 3.98. The average molecular weight is 475 g/mol. The summed E-state index contributed by atoms with van der Waals surface area (Å²) in [5, 5.41) is 5.88. The second-order valence-corrected chi connectivity index (χ2v) is 8.69. The Morgan fingerprint density at radius 2 is 2.06 bits per heavy atom. The largest absolute Gasteiger partial charge is 0.459 e. The number of amides is 1. The Labute approximate surface area is 199 Å². The van der Waals surface area contributed by atoms with E-state index in [-0.39, 0.29) is 23.5 Å². The van der Waals surface area contributed by atoms with Gasteiger partial charge in [0.1, 0.15) is 11.9 Å². The number of carbonyl (C=O) groups is 1. The van der Waals surface area contributed by atoms with E-state index in [1.54, 1.807) is 36.8 Å². The topological polar surface area (TPSA) is 119 Å². The van der Waals surface area contributed by atoms with Gasteiger partial charge in [-0.15, -0.1) is 0 Å². The van der Waals surface area contributed by atoms with E-state index in [1.807, 2.05) is 0 Å². The van der Waals surface area contributed by atoms with Crippen LogP contribution in [-0.4, -0.2) is 43.4 Å². The molecule has 178 valence electrons. The number of aromatic nitrogens is 4. The van der Waals surface area contributed by atoms with Crippen LogP contribution in [0.15, 0.2) is 46.2 Å². The molecule has 11 heteroatoms. The number of carbonyl (C=O) groups excluding carboxylic acids is 1. The van der Waals surface area contributed by atoms with Crippen LogP contribution >= 0.6 is 0 Å². The molecule has 1 amide bonds. The van der Waals surface area contributed by atoms with Gasteiger partial charge < -0.3 is 19.8 Å². The monoisotopic (exact) mass is 475 g/mol. The summed E-state index contributed by atoms with van der Waals surface area (Å²) in [6.07, 6.45) is 8.44. The summed E-state index contributed by atoms with van der Waals surface area (Å²) < 4.78 is 27.6. The molecule has 0 radical (unpaired) electrons. The number of aliphatic imine (C=N–C) groups is 1. The minimum atomic E-state index is -0.475. The fourth-order valence-electron chi connectivity index (χ4n) is 4.51. The summed E-state index contributed by atoms with van der Waals surface area (Å²) in [5.74, 6) is -0.0260. The lowest BCUT2D eigenvalue weighted by Crippen LogP contribution is -2.18. The summed E-state index contributed by atoms with van der Waals surface area (Å²) in [6, 6.07) is 4.99. The first-order chi connectivity index (χ1) is 16.9. The quantitative estimate of drug-likeness (QED) is 0.456. The van der Waals surface area contributed by atoms with Gasteiger partial charge in [-0.2, -0.15) is 0 Å². The zero-order valence-corrected chi connectivity index (χ0v) is 19.1. The van der Waals surface area contributed by atoms with Crippen LogP contribution in [-0.2, 0) is 4.74 Å². The predicted octanol–water partition coefficient (Wildman–Crippen LogP) is 4.11. The number of ether oxygens (including phenoxy) is 1. The highest BCUT2D eigenvalue weighted by Gasteiger charge is 2.35. The van der Waals surface area contributed by atoms with Crippen molar-refractivity contribution in [3.8, 4) is 11.3 Å². The van der Waals surface area contributed by atoms with Crippen LogP contribution in [0, 0.1) is 19.7 Å². The van der Waals surface area contributed by atoms with Crippen molar-refractivity contribution in [3.05, 3.63) is 60.0 Å². The number of anilines is 2. The van der Waals surface area contributed by atoms with Gasteiger partial charge in [-0.25, -0.2) is 24.3 Å². The first-order valence-electron chi connectivity index (χ1n) is 11.3. The molecule has 0 bridgehead atoms. The van der Waals surface area contributed by atoms with Crippen molar-refractivity contribution in [2.75, 3.05) is 10.6 Å². The number of benzene rings is 1. The Kier molecular flexibility index (Phi) is 4.97. The molecule has 2 aliphatic rings. The summed E-state index contributed by atoms with van der Waals surface area (Å²) in [7, 11) is 0. The number of rotatable bonds is 4. The van der Waals surface area contributed by atoms with E-state index in [0.717, 1.165) is 19.3 Å². The highest BCUT2D eigenvalue weighted by atomic mass is 19.1. The average Bonchev–Trinajstić information content (AvgIpc) is 3.58. The maximum atomic E-state index is 14.7. The lowest BCUT2D eigenvalue weighted by atomic mass is 10.1. The van der Waals surface area contributed by atoms with Crippen LogP contribution in [0.4, 0.5) is 15.8 Å². The number of halogens is 1. The number of nitrogens with zero attached hydrogens (tertiary/aromatic N) is 5. The second-order valence-electron chi connectivity index (χ2n) is 8.69. The van der Waals surface area contributed by atoms with Crippen LogP contribution in [0.2, 0.25) is 0 Å². The number of fused-ring (bicyclic) bond motifs is 2. The maximum Gasteiger partial charge on any atom is 0.293 e. The highest BCUT2D eigenvalue weighted by Crippen LogP contribution is 2.30. The van der Waals surface area contributed by atoms with E-state index >= 15 is 0 Å². The summed E-state index contributed by atoms with van der Waals surface area (Å²) in [6.45, 7) is 3.35. The van der Waals surface area contributed by atoms with E-state index in [1.165, 1.54) is 18.2 Å². The van der Waals surface area contributed by atoms with Crippen LogP contribution in [0.1, 0.15) is 41.4 Å². The molecule has 1 aliphatic heterocycles. The fraction of sp³-hybridized carbons (Fsp3) is 0.292. The number of hydrogen-bond donors (Lipinski definition) is 2. The Morgan fingerprint density at radius 3 is 2.86 bits per heavy atom. The van der Waals surface area contributed by atoms with Crippen LogP contribution in [0.25, 0.3) is 17.0 Å². The molecule has 0 unspecified atom stereocenters. The Morgan fingerprint density at radius 1 is 1.17 bits per heavy atom. The molecular formula is C24H22FN7O3. The van der Waals surface area contributed by atoms with Gasteiger partial charge in [0.25, 0.3) is 11.9 Å². The molecule has 2 atom stereocenters. The van der Waals surface area contributed by atoms with Gasteiger partial charge >= 0.3 is 0 Å². The molecule has 4 heterocycles. The maximum absolute atomic E-state index is 14.7. The molecule has 4 aromatic rings. The molecule has 2 N–H and O–H groups in total. The number of aryl methyl sites for hydroxylation is 2. The number of oxazole rings is 1. The smallest absolute Gasteiger partial charge is 0.293 e. The molecular weight excluding hydrogens is 453 g/mol. The van der Waals surface area contributed by atoms with E-state index in [9.17, 15) is 9.18 Å². The van der Waals surface area contributed by atoms with E-state index in [2.05, 4.69) is 30.6 Å². The van der Waals surface area contributed by atoms with Gasteiger partial charge in [0.2, 0.25) is 11.5 Å². The van der Waals surface area contributed by atoms with E-state index < -0.39 is 11.7 Å². The molecule has 0 saturated heterocycles. The van der Waals surface area contributed by atoms with Crippen molar-refractivity contribution in [1.29, 1.82) is 0 Å². The fourth-order valence-corrected chi connectivity index (χ4v) is 4.51. The third-order valence-electron chi connectivity index (χ3n) is 6.14. The standard InChI is InChI=1S/C24H22FN7O3/c1-12-21(34-13(2)27-12)22(33)28-14-6-7-17(25)16(8-14)19-11-32-10-15(9-26-23(32)30-19)29-24-31-18-4-3-5-20(18)35-24/h6-11,18,20H,3-5H2,1-2H3,(H,28,33)(H,29,31)/t18-,20-/m1/s1. The van der Waals surface area contributed by atoms with Crippen molar-refractivity contribution in [2.24, 2.45) is 4.99 Å².